The van der Waals surface area contributed by atoms with Crippen molar-refractivity contribution in [3.8, 4) is 17.3 Å². The van der Waals surface area contributed by atoms with Crippen LogP contribution in [0.15, 0.2) is 55.0 Å². The van der Waals surface area contributed by atoms with Crippen LogP contribution in [0.1, 0.15) is 12.0 Å². The Hall–Kier alpha value is -3.74. The molecule has 31 heavy (non-hydrogen) atoms. The molecule has 2 aromatic heterocycles. The minimum absolute atomic E-state index is 0.0185. The molecule has 0 saturated carbocycles. The molecule has 0 atom stereocenters. The summed E-state index contributed by atoms with van der Waals surface area (Å²) in [5.41, 5.74) is -0.455. The average molecular weight is 429 g/mol. The summed E-state index contributed by atoms with van der Waals surface area (Å²) >= 11 is 0. The van der Waals surface area contributed by atoms with E-state index in [1.165, 1.54) is 27.9 Å². The van der Waals surface area contributed by atoms with Crippen molar-refractivity contribution in [2.75, 3.05) is 13.1 Å². The van der Waals surface area contributed by atoms with Crippen LogP contribution in [0.2, 0.25) is 0 Å². The summed E-state index contributed by atoms with van der Waals surface area (Å²) in [4.78, 5) is 17.4. The van der Waals surface area contributed by atoms with E-state index < -0.39 is 29.0 Å². The second-order valence-electron chi connectivity index (χ2n) is 7.34. The number of rotatable bonds is 4. The van der Waals surface area contributed by atoms with Crippen molar-refractivity contribution in [1.82, 2.24) is 19.7 Å². The van der Waals surface area contributed by atoms with E-state index in [2.05, 4.69) is 22.7 Å². The number of likely N-dealkylation sites (tertiary alicyclic amines) is 1. The van der Waals surface area contributed by atoms with Crippen molar-refractivity contribution < 1.29 is 22.4 Å². The number of alkyl halides is 3. The largest absolute Gasteiger partial charge is 0.416 e. The average Bonchev–Trinajstić information content (AvgIpc) is 3.09. The molecule has 3 aromatic rings. The Kier molecular flexibility index (Phi) is 4.76. The molecule has 4 rings (SSSR count). The molecule has 10 heteroatoms. The van der Waals surface area contributed by atoms with Crippen LogP contribution in [0.5, 0.6) is 0 Å². The second-order valence-corrected chi connectivity index (χ2v) is 7.34. The van der Waals surface area contributed by atoms with Gasteiger partial charge in [-0.3, -0.25) is 4.79 Å². The van der Waals surface area contributed by atoms with Crippen LogP contribution in [0, 0.1) is 11.3 Å². The van der Waals surface area contributed by atoms with Gasteiger partial charge in [0.15, 0.2) is 11.5 Å². The van der Waals surface area contributed by atoms with Crippen molar-refractivity contribution in [3.05, 3.63) is 60.6 Å². The van der Waals surface area contributed by atoms with E-state index in [-0.39, 0.29) is 19.5 Å². The van der Waals surface area contributed by atoms with Crippen LogP contribution < -0.4 is 0 Å². The van der Waals surface area contributed by atoms with E-state index >= 15 is 0 Å². The van der Waals surface area contributed by atoms with Gasteiger partial charge in [0.2, 0.25) is 0 Å². The lowest BCUT2D eigenvalue weighted by Gasteiger charge is -2.48. The first-order chi connectivity index (χ1) is 14.7. The van der Waals surface area contributed by atoms with Gasteiger partial charge in [0, 0.05) is 30.2 Å². The minimum Gasteiger partial charge on any atom is -0.332 e. The standard InChI is InChI=1S/C21H15F4N5O/c1-13(22)19(31)29-11-20(12-29,8-9-26)30-18-16(3-2-10-27-18)17(28-30)14-4-6-15(7-5-14)21(23,24)25/h2-7,10H,1,8,11-12H2. The highest BCUT2D eigenvalue weighted by Crippen LogP contribution is 2.38. The van der Waals surface area contributed by atoms with Crippen LogP contribution in [-0.4, -0.2) is 38.7 Å². The lowest BCUT2D eigenvalue weighted by Crippen LogP contribution is -2.64. The van der Waals surface area contributed by atoms with Gasteiger partial charge >= 0.3 is 6.18 Å². The van der Waals surface area contributed by atoms with Crippen LogP contribution >= 0.6 is 0 Å². The van der Waals surface area contributed by atoms with Crippen molar-refractivity contribution in [1.29, 1.82) is 5.26 Å². The molecule has 1 saturated heterocycles. The Labute approximate surface area is 174 Å². The van der Waals surface area contributed by atoms with Crippen molar-refractivity contribution in [3.63, 3.8) is 0 Å². The van der Waals surface area contributed by atoms with Gasteiger partial charge in [0.1, 0.15) is 11.2 Å². The Balaban J connectivity index is 1.79. The predicted octanol–water partition coefficient (Wildman–Crippen LogP) is 4.05. The maximum Gasteiger partial charge on any atom is 0.416 e. The SMILES string of the molecule is C=C(F)C(=O)N1CC(CC#N)(n2nc(-c3ccc(C(F)(F)F)cc3)c3cccnc32)C1. The number of benzene rings is 1. The van der Waals surface area contributed by atoms with Gasteiger partial charge < -0.3 is 4.90 Å². The summed E-state index contributed by atoms with van der Waals surface area (Å²) in [7, 11) is 0. The minimum atomic E-state index is -4.46. The summed E-state index contributed by atoms with van der Waals surface area (Å²) < 4.78 is 53.5. The molecule has 3 heterocycles. The molecule has 1 amide bonds. The molecule has 6 nitrogen and oxygen atoms in total. The Morgan fingerprint density at radius 3 is 2.48 bits per heavy atom. The Morgan fingerprint density at radius 2 is 1.90 bits per heavy atom. The number of hydrogen-bond acceptors (Lipinski definition) is 4. The fourth-order valence-electron chi connectivity index (χ4n) is 3.76. The molecule has 0 spiro atoms. The zero-order valence-electron chi connectivity index (χ0n) is 16.0. The van der Waals surface area contributed by atoms with Gasteiger partial charge in [-0.05, 0) is 24.3 Å². The highest BCUT2D eigenvalue weighted by molar-refractivity contribution is 5.93. The summed E-state index contributed by atoms with van der Waals surface area (Å²) in [6.07, 6.45) is -2.95. The molecule has 0 bridgehead atoms. The van der Waals surface area contributed by atoms with E-state index in [0.717, 1.165) is 12.1 Å². The molecule has 1 aromatic carbocycles. The van der Waals surface area contributed by atoms with Gasteiger partial charge in [-0.25, -0.2) is 14.1 Å². The van der Waals surface area contributed by atoms with Crippen LogP contribution in [0.4, 0.5) is 17.6 Å². The third kappa shape index (κ3) is 3.42. The molecule has 0 radical (unpaired) electrons. The number of nitrogens with zero attached hydrogens (tertiary/aromatic N) is 5. The van der Waals surface area contributed by atoms with Gasteiger partial charge in [0.25, 0.3) is 5.91 Å². The highest BCUT2D eigenvalue weighted by Gasteiger charge is 2.49. The van der Waals surface area contributed by atoms with E-state index in [9.17, 15) is 27.6 Å². The zero-order chi connectivity index (χ0) is 22.4. The number of nitriles is 1. The zero-order valence-corrected chi connectivity index (χ0v) is 16.0. The van der Waals surface area contributed by atoms with E-state index in [4.69, 9.17) is 0 Å². The number of fused-ring (bicyclic) bond motifs is 1. The monoisotopic (exact) mass is 429 g/mol. The van der Waals surface area contributed by atoms with Crippen LogP contribution in [0.3, 0.4) is 0 Å². The fraction of sp³-hybridized carbons (Fsp3) is 0.238. The van der Waals surface area contributed by atoms with Gasteiger partial charge in [-0.2, -0.15) is 23.5 Å². The maximum absolute atomic E-state index is 13.2. The van der Waals surface area contributed by atoms with Crippen LogP contribution in [-0.2, 0) is 16.5 Å². The summed E-state index contributed by atoms with van der Waals surface area (Å²) in [6.45, 7) is 3.06. The summed E-state index contributed by atoms with van der Waals surface area (Å²) in [5, 5.41) is 14.5. The molecule has 1 aliphatic rings. The number of aromatic nitrogens is 3. The molecule has 1 aliphatic heterocycles. The number of pyridine rings is 1. The van der Waals surface area contributed by atoms with Crippen molar-refractivity contribution in [2.45, 2.75) is 18.1 Å². The molecular formula is C21H15F4N5O. The first-order valence-electron chi connectivity index (χ1n) is 9.19. The molecule has 0 unspecified atom stereocenters. The Bertz CT molecular complexity index is 1220. The third-order valence-corrected chi connectivity index (χ3v) is 5.28. The fourth-order valence-corrected chi connectivity index (χ4v) is 3.76. The molecule has 0 N–H and O–H groups in total. The molecule has 1 fully saturated rings. The number of carbonyl (C=O) groups is 1. The summed E-state index contributed by atoms with van der Waals surface area (Å²) in [6, 6.07) is 10.0. The van der Waals surface area contributed by atoms with Gasteiger partial charge in [-0.15, -0.1) is 0 Å². The van der Waals surface area contributed by atoms with E-state index in [1.807, 2.05) is 0 Å². The molecular weight excluding hydrogens is 414 g/mol. The molecule has 0 aliphatic carbocycles. The number of carbonyl (C=O) groups excluding carboxylic acids is 1. The maximum atomic E-state index is 13.2. The third-order valence-electron chi connectivity index (χ3n) is 5.28. The van der Waals surface area contributed by atoms with Gasteiger partial charge in [-0.1, -0.05) is 18.7 Å². The number of hydrogen-bond donors (Lipinski definition) is 0. The quantitative estimate of drug-likeness (QED) is 0.463. The lowest BCUT2D eigenvalue weighted by molar-refractivity contribution is -0.139. The highest BCUT2D eigenvalue weighted by atomic mass is 19.4. The number of amides is 1. The van der Waals surface area contributed by atoms with Crippen molar-refractivity contribution in [2.24, 2.45) is 0 Å². The molecule has 158 valence electrons. The normalized spacial score (nSPS) is 15.4. The van der Waals surface area contributed by atoms with Gasteiger partial charge in [0.05, 0.1) is 18.1 Å². The van der Waals surface area contributed by atoms with Crippen LogP contribution in [0.25, 0.3) is 22.3 Å². The number of halogens is 4. The Morgan fingerprint density at radius 1 is 1.23 bits per heavy atom. The predicted molar refractivity (Wildman–Crippen MR) is 103 cm³/mol. The first-order valence-corrected chi connectivity index (χ1v) is 9.19. The lowest BCUT2D eigenvalue weighted by atomic mass is 9.86. The van der Waals surface area contributed by atoms with E-state index in [0.29, 0.717) is 22.3 Å². The van der Waals surface area contributed by atoms with Crippen molar-refractivity contribution >= 4 is 16.9 Å². The first kappa shape index (κ1) is 20.5. The van der Waals surface area contributed by atoms with E-state index in [1.54, 1.807) is 12.1 Å². The second kappa shape index (κ2) is 7.19. The smallest absolute Gasteiger partial charge is 0.332 e. The topological polar surface area (TPSA) is 74.8 Å². The summed E-state index contributed by atoms with van der Waals surface area (Å²) in [5.74, 6) is -1.96.